The van der Waals surface area contributed by atoms with Gasteiger partial charge in [-0.15, -0.1) is 0 Å². The zero-order valence-electron chi connectivity index (χ0n) is 9.32. The van der Waals surface area contributed by atoms with Crippen LogP contribution in [0.1, 0.15) is 33.1 Å². The Morgan fingerprint density at radius 2 is 1.60 bits per heavy atom. The first-order valence-electron chi connectivity index (χ1n) is 4.75. The predicted molar refractivity (Wildman–Crippen MR) is 53.7 cm³/mol. The number of carboxylic acid groups (broad SMARTS) is 2. The Balaban J connectivity index is 4.36. The highest BCUT2D eigenvalue weighted by Crippen LogP contribution is 2.24. The third-order valence-electron chi connectivity index (χ3n) is 2.26. The highest BCUT2D eigenvalue weighted by atomic mass is 16.5. The van der Waals surface area contributed by atoms with Crippen LogP contribution in [0, 0.1) is 5.92 Å². The molecule has 2 N–H and O–H groups in total. The summed E-state index contributed by atoms with van der Waals surface area (Å²) >= 11 is 0. The van der Waals surface area contributed by atoms with E-state index in [2.05, 4.69) is 0 Å². The van der Waals surface area contributed by atoms with Crippen LogP contribution in [0.5, 0.6) is 0 Å². The first-order valence-corrected chi connectivity index (χ1v) is 4.75. The second-order valence-electron chi connectivity index (χ2n) is 4.23. The molecule has 0 aromatic heterocycles. The first-order chi connectivity index (χ1) is 6.76. The van der Waals surface area contributed by atoms with Crippen molar-refractivity contribution >= 4 is 11.9 Å². The van der Waals surface area contributed by atoms with Gasteiger partial charge in [0.25, 0.3) is 0 Å². The number of carboxylic acids is 2. The lowest BCUT2D eigenvalue weighted by Gasteiger charge is -2.27. The maximum absolute atomic E-state index is 10.5. The minimum Gasteiger partial charge on any atom is -0.481 e. The number of aliphatic carboxylic acids is 2. The smallest absolute Gasteiger partial charge is 0.303 e. The zero-order chi connectivity index (χ0) is 12.1. The molecule has 0 rings (SSSR count). The van der Waals surface area contributed by atoms with E-state index in [1.54, 1.807) is 0 Å². The number of methoxy groups -OCH3 is 1. The van der Waals surface area contributed by atoms with E-state index in [1.165, 1.54) is 7.11 Å². The van der Waals surface area contributed by atoms with Crippen molar-refractivity contribution in [3.8, 4) is 0 Å². The molecule has 0 atom stereocenters. The van der Waals surface area contributed by atoms with Crippen LogP contribution in [-0.4, -0.2) is 34.9 Å². The van der Waals surface area contributed by atoms with Gasteiger partial charge in [-0.2, -0.15) is 0 Å². The molecule has 0 spiro atoms. The minimum atomic E-state index is -0.979. The second kappa shape index (κ2) is 5.70. The molecule has 0 aliphatic carbocycles. The fraction of sp³-hybridized carbons (Fsp3) is 0.800. The van der Waals surface area contributed by atoms with Gasteiger partial charge in [0.15, 0.2) is 0 Å². The van der Waals surface area contributed by atoms with E-state index in [4.69, 9.17) is 14.9 Å². The van der Waals surface area contributed by atoms with Gasteiger partial charge in [-0.1, -0.05) is 0 Å². The van der Waals surface area contributed by atoms with Crippen molar-refractivity contribution in [2.24, 2.45) is 5.92 Å². The maximum Gasteiger partial charge on any atom is 0.303 e. The third kappa shape index (κ3) is 6.90. The molecule has 5 heteroatoms. The monoisotopic (exact) mass is 218 g/mol. The molecule has 88 valence electrons. The fourth-order valence-electron chi connectivity index (χ4n) is 1.49. The van der Waals surface area contributed by atoms with Gasteiger partial charge in [0.05, 0.1) is 5.60 Å². The highest BCUT2D eigenvalue weighted by Gasteiger charge is 2.26. The van der Waals surface area contributed by atoms with Gasteiger partial charge in [0, 0.05) is 20.0 Å². The third-order valence-corrected chi connectivity index (χ3v) is 2.26. The average Bonchev–Trinajstić information content (AvgIpc) is 2.00. The molecule has 0 aromatic carbocycles. The summed E-state index contributed by atoms with van der Waals surface area (Å²) < 4.78 is 5.15. The normalized spacial score (nSPS) is 11.7. The van der Waals surface area contributed by atoms with E-state index >= 15 is 0 Å². The van der Waals surface area contributed by atoms with Gasteiger partial charge in [0.2, 0.25) is 0 Å². The molecule has 0 aliphatic rings. The number of carbonyl (C=O) groups is 2. The molecule has 5 nitrogen and oxygen atoms in total. The highest BCUT2D eigenvalue weighted by molar-refractivity contribution is 5.70. The van der Waals surface area contributed by atoms with E-state index in [0.29, 0.717) is 6.42 Å². The summed E-state index contributed by atoms with van der Waals surface area (Å²) in [5.41, 5.74) is -0.491. The number of hydrogen-bond donors (Lipinski definition) is 2. The molecule has 0 aromatic rings. The van der Waals surface area contributed by atoms with Gasteiger partial charge in [0.1, 0.15) is 0 Å². The Labute approximate surface area is 89.0 Å². The summed E-state index contributed by atoms with van der Waals surface area (Å²) in [6.45, 7) is 3.62. The van der Waals surface area contributed by atoms with Crippen molar-refractivity contribution in [3.05, 3.63) is 0 Å². The van der Waals surface area contributed by atoms with Crippen molar-refractivity contribution < 1.29 is 24.5 Å². The molecule has 0 fully saturated rings. The summed E-state index contributed by atoms with van der Waals surface area (Å²) in [5.74, 6) is -2.35. The summed E-state index contributed by atoms with van der Waals surface area (Å²) in [6.07, 6.45) is 0.139. The molecule has 0 saturated heterocycles. The Bertz CT molecular complexity index is 218. The van der Waals surface area contributed by atoms with Crippen LogP contribution in [0.2, 0.25) is 0 Å². The van der Waals surface area contributed by atoms with E-state index in [0.717, 1.165) is 0 Å². The fourth-order valence-corrected chi connectivity index (χ4v) is 1.49. The van der Waals surface area contributed by atoms with Gasteiger partial charge in [-0.25, -0.2) is 0 Å². The minimum absolute atomic E-state index is 0.140. The number of hydrogen-bond acceptors (Lipinski definition) is 3. The molecular formula is C10H18O5. The molecule has 0 saturated carbocycles. The van der Waals surface area contributed by atoms with Crippen LogP contribution in [0.15, 0.2) is 0 Å². The van der Waals surface area contributed by atoms with Crippen LogP contribution in [-0.2, 0) is 14.3 Å². The van der Waals surface area contributed by atoms with Crippen LogP contribution in [0.3, 0.4) is 0 Å². The lowest BCUT2D eigenvalue weighted by molar-refractivity contribution is -0.141. The molecular weight excluding hydrogens is 200 g/mol. The van der Waals surface area contributed by atoms with Crippen molar-refractivity contribution in [2.75, 3.05) is 7.11 Å². The molecule has 0 unspecified atom stereocenters. The molecule has 15 heavy (non-hydrogen) atoms. The number of rotatable bonds is 7. The van der Waals surface area contributed by atoms with Crippen molar-refractivity contribution in [1.29, 1.82) is 0 Å². The van der Waals surface area contributed by atoms with E-state index < -0.39 is 23.5 Å². The van der Waals surface area contributed by atoms with Gasteiger partial charge >= 0.3 is 11.9 Å². The summed E-state index contributed by atoms with van der Waals surface area (Å²) in [7, 11) is 1.53. The van der Waals surface area contributed by atoms with Crippen LogP contribution < -0.4 is 0 Å². The van der Waals surface area contributed by atoms with Crippen LogP contribution in [0.4, 0.5) is 0 Å². The topological polar surface area (TPSA) is 83.8 Å². The quantitative estimate of drug-likeness (QED) is 0.674. The van der Waals surface area contributed by atoms with Crippen molar-refractivity contribution in [3.63, 3.8) is 0 Å². The second-order valence-corrected chi connectivity index (χ2v) is 4.23. The standard InChI is InChI=1S/C10H18O5/c1-10(2,15-3)6-7(4-8(11)12)5-9(13)14/h7H,4-6H2,1-3H3,(H,11,12)(H,13,14). The Kier molecular flexibility index (Phi) is 5.28. The SMILES string of the molecule is COC(C)(C)CC(CC(=O)O)CC(=O)O. The zero-order valence-corrected chi connectivity index (χ0v) is 9.32. The Morgan fingerprint density at radius 1 is 1.20 bits per heavy atom. The molecule has 0 radical (unpaired) electrons. The molecule has 0 amide bonds. The Morgan fingerprint density at radius 3 is 1.87 bits per heavy atom. The lowest BCUT2D eigenvalue weighted by atomic mass is 9.88. The van der Waals surface area contributed by atoms with Gasteiger partial charge in [-0.05, 0) is 26.2 Å². The molecule has 0 aliphatic heterocycles. The van der Waals surface area contributed by atoms with E-state index in [-0.39, 0.29) is 12.8 Å². The number of ether oxygens (including phenoxy) is 1. The molecule has 0 heterocycles. The van der Waals surface area contributed by atoms with Gasteiger partial charge < -0.3 is 14.9 Å². The largest absolute Gasteiger partial charge is 0.481 e. The first kappa shape index (κ1) is 13.9. The van der Waals surface area contributed by atoms with Crippen molar-refractivity contribution in [2.45, 2.75) is 38.7 Å². The van der Waals surface area contributed by atoms with E-state index in [1.807, 2.05) is 13.8 Å². The van der Waals surface area contributed by atoms with Crippen molar-refractivity contribution in [1.82, 2.24) is 0 Å². The average molecular weight is 218 g/mol. The maximum atomic E-state index is 10.5. The van der Waals surface area contributed by atoms with Crippen LogP contribution >= 0.6 is 0 Å². The summed E-state index contributed by atoms with van der Waals surface area (Å²) in [6, 6.07) is 0. The van der Waals surface area contributed by atoms with Crippen LogP contribution in [0.25, 0.3) is 0 Å². The predicted octanol–water partition coefficient (Wildman–Crippen LogP) is 1.37. The van der Waals surface area contributed by atoms with E-state index in [9.17, 15) is 9.59 Å². The summed E-state index contributed by atoms with van der Waals surface area (Å²) in [5, 5.41) is 17.3. The Hall–Kier alpha value is -1.10. The molecule has 0 bridgehead atoms. The summed E-state index contributed by atoms with van der Waals surface area (Å²) in [4.78, 5) is 21.1. The van der Waals surface area contributed by atoms with Gasteiger partial charge in [-0.3, -0.25) is 9.59 Å². The lowest BCUT2D eigenvalue weighted by Crippen LogP contribution is -2.28.